The molecule has 0 amide bonds. The third kappa shape index (κ3) is 2.11. The molecule has 3 rings (SSSR count). The van der Waals surface area contributed by atoms with E-state index in [1.165, 1.54) is 30.3 Å². The second-order valence-electron chi connectivity index (χ2n) is 4.90. The fourth-order valence-corrected chi connectivity index (χ4v) is 2.33. The minimum absolute atomic E-state index is 0.290. The van der Waals surface area contributed by atoms with E-state index in [4.69, 9.17) is 5.11 Å². The second kappa shape index (κ2) is 4.59. The summed E-state index contributed by atoms with van der Waals surface area (Å²) in [5.41, 5.74) is 1.35. The number of carboxylic acid groups (broad SMARTS) is 1. The van der Waals surface area contributed by atoms with Gasteiger partial charge < -0.3 is 10.3 Å². The van der Waals surface area contributed by atoms with Crippen molar-refractivity contribution in [3.63, 3.8) is 0 Å². The number of halogens is 1. The molecule has 1 saturated carbocycles. The molecule has 0 atom stereocenters. The third-order valence-electron chi connectivity index (χ3n) is 3.47. The number of hydrogen-bond acceptors (Lipinski definition) is 2. The van der Waals surface area contributed by atoms with Gasteiger partial charge in [0.2, 0.25) is 5.69 Å². The number of nitrogens with zero attached hydrogens (tertiary/aromatic N) is 1. The average molecular weight is 273 g/mol. The lowest BCUT2D eigenvalue weighted by Crippen LogP contribution is -2.38. The van der Waals surface area contributed by atoms with Crippen LogP contribution in [0.2, 0.25) is 0 Å². The summed E-state index contributed by atoms with van der Waals surface area (Å²) >= 11 is 0. The Balaban J connectivity index is 2.22. The van der Waals surface area contributed by atoms with Crippen LogP contribution in [0, 0.1) is 11.0 Å². The molecule has 20 heavy (non-hydrogen) atoms. The van der Waals surface area contributed by atoms with Crippen molar-refractivity contribution in [3.05, 3.63) is 58.7 Å². The molecule has 1 heterocycles. The molecule has 0 aliphatic heterocycles. The zero-order valence-corrected chi connectivity index (χ0v) is 10.5. The lowest BCUT2D eigenvalue weighted by atomic mass is 10.0. The Morgan fingerprint density at radius 2 is 1.85 bits per heavy atom. The molecule has 4 nitrogen and oxygen atoms in total. The Morgan fingerprint density at radius 3 is 2.40 bits per heavy atom. The maximum absolute atomic E-state index is 13.0. The molecule has 1 aliphatic carbocycles. The molecule has 2 aromatic rings. The summed E-state index contributed by atoms with van der Waals surface area (Å²) in [4.78, 5) is 11.1. The van der Waals surface area contributed by atoms with E-state index in [1.807, 2.05) is 0 Å². The van der Waals surface area contributed by atoms with Crippen molar-refractivity contribution in [2.24, 2.45) is 0 Å². The molecule has 5 heteroatoms. The lowest BCUT2D eigenvalue weighted by molar-refractivity contribution is -0.597. The molecule has 0 unspecified atom stereocenters. The van der Waals surface area contributed by atoms with E-state index in [0.717, 1.165) is 18.4 Å². The lowest BCUT2D eigenvalue weighted by Gasteiger charge is -2.11. The normalized spacial score (nSPS) is 14.2. The van der Waals surface area contributed by atoms with Crippen molar-refractivity contribution in [2.45, 2.75) is 18.8 Å². The number of carboxylic acids is 1. The first-order chi connectivity index (χ1) is 9.58. The SMILES string of the molecule is O=C(O)c1ccc(C2CC2)c(-c2ccc(F)cc2)[n+]1[O-]. The van der Waals surface area contributed by atoms with E-state index in [-0.39, 0.29) is 11.6 Å². The molecule has 0 bridgehead atoms. The van der Waals surface area contributed by atoms with Crippen molar-refractivity contribution in [3.8, 4) is 11.3 Å². The maximum atomic E-state index is 13.0. The molecule has 1 N–H and O–H groups in total. The van der Waals surface area contributed by atoms with Gasteiger partial charge in [0, 0.05) is 17.2 Å². The molecule has 1 aromatic carbocycles. The van der Waals surface area contributed by atoms with E-state index >= 15 is 0 Å². The van der Waals surface area contributed by atoms with Gasteiger partial charge in [0.05, 0.1) is 0 Å². The summed E-state index contributed by atoms with van der Waals surface area (Å²) in [5.74, 6) is -1.38. The van der Waals surface area contributed by atoms with Crippen molar-refractivity contribution < 1.29 is 19.0 Å². The first-order valence-electron chi connectivity index (χ1n) is 6.33. The third-order valence-corrected chi connectivity index (χ3v) is 3.47. The van der Waals surface area contributed by atoms with E-state index in [0.29, 0.717) is 16.0 Å². The van der Waals surface area contributed by atoms with Gasteiger partial charge in [-0.25, -0.2) is 9.18 Å². The van der Waals surface area contributed by atoms with Crippen molar-refractivity contribution >= 4 is 5.97 Å². The van der Waals surface area contributed by atoms with Gasteiger partial charge in [-0.15, -0.1) is 0 Å². The zero-order valence-electron chi connectivity index (χ0n) is 10.5. The molecule has 0 saturated heterocycles. The van der Waals surface area contributed by atoms with Gasteiger partial charge in [0.15, 0.2) is 0 Å². The van der Waals surface area contributed by atoms with Crippen molar-refractivity contribution in [1.29, 1.82) is 0 Å². The highest BCUT2D eigenvalue weighted by Gasteiger charge is 2.32. The van der Waals surface area contributed by atoms with Crippen LogP contribution in [0.3, 0.4) is 0 Å². The van der Waals surface area contributed by atoms with E-state index in [1.54, 1.807) is 6.07 Å². The van der Waals surface area contributed by atoms with Crippen LogP contribution in [-0.2, 0) is 0 Å². The Labute approximate surface area is 114 Å². The van der Waals surface area contributed by atoms with Crippen molar-refractivity contribution in [2.75, 3.05) is 0 Å². The fourth-order valence-electron chi connectivity index (χ4n) is 2.33. The minimum Gasteiger partial charge on any atom is -0.618 e. The number of rotatable bonds is 3. The summed E-state index contributed by atoms with van der Waals surface area (Å²) in [6.07, 6.45) is 1.97. The van der Waals surface area contributed by atoms with E-state index in [2.05, 4.69) is 0 Å². The number of aromatic carboxylic acids is 1. The predicted octanol–water partition coefficient (Wildman–Crippen LogP) is 2.70. The Kier molecular flexibility index (Phi) is 2.89. The average Bonchev–Trinajstić information content (AvgIpc) is 3.23. The molecule has 0 spiro atoms. The van der Waals surface area contributed by atoms with Crippen LogP contribution in [-0.4, -0.2) is 11.1 Å². The molecular formula is C15H12FNO3. The fraction of sp³-hybridized carbons (Fsp3) is 0.200. The number of hydrogen-bond donors (Lipinski definition) is 1. The van der Waals surface area contributed by atoms with E-state index in [9.17, 15) is 14.4 Å². The molecule has 1 aliphatic rings. The molecule has 102 valence electrons. The number of aromatic nitrogens is 1. The summed E-state index contributed by atoms with van der Waals surface area (Å²) < 4.78 is 13.4. The smallest absolute Gasteiger partial charge is 0.402 e. The first kappa shape index (κ1) is 12.6. The quantitative estimate of drug-likeness (QED) is 0.690. The van der Waals surface area contributed by atoms with Gasteiger partial charge in [0.1, 0.15) is 5.82 Å². The Bertz CT molecular complexity index is 678. The number of carbonyl (C=O) groups is 1. The molecule has 0 radical (unpaired) electrons. The van der Waals surface area contributed by atoms with Crippen LogP contribution in [0.15, 0.2) is 36.4 Å². The summed E-state index contributed by atoms with van der Waals surface area (Å²) in [5, 5.41) is 21.3. The van der Waals surface area contributed by atoms with E-state index < -0.39 is 11.8 Å². The van der Waals surface area contributed by atoms with Gasteiger partial charge in [-0.1, -0.05) is 0 Å². The molecule has 1 fully saturated rings. The highest BCUT2D eigenvalue weighted by Crippen LogP contribution is 2.43. The van der Waals surface area contributed by atoms with Crippen LogP contribution < -0.4 is 4.73 Å². The van der Waals surface area contributed by atoms with Crippen molar-refractivity contribution in [1.82, 2.24) is 0 Å². The topological polar surface area (TPSA) is 64.2 Å². The van der Waals surface area contributed by atoms with Crippen LogP contribution in [0.5, 0.6) is 0 Å². The first-order valence-corrected chi connectivity index (χ1v) is 6.33. The second-order valence-corrected chi connectivity index (χ2v) is 4.90. The van der Waals surface area contributed by atoms with Crippen LogP contribution in [0.25, 0.3) is 11.3 Å². The Morgan fingerprint density at radius 1 is 1.20 bits per heavy atom. The van der Waals surface area contributed by atoms with Gasteiger partial charge in [-0.05, 0) is 49.1 Å². The standard InChI is InChI=1S/C15H12FNO3/c16-11-5-3-10(4-6-11)14-12(9-1-2-9)7-8-13(15(18)19)17(14)20/h3-9H,1-2H2,(H,18,19). The maximum Gasteiger partial charge on any atom is 0.402 e. The summed E-state index contributed by atoms with van der Waals surface area (Å²) in [6.45, 7) is 0. The van der Waals surface area contributed by atoms with Crippen LogP contribution >= 0.6 is 0 Å². The van der Waals surface area contributed by atoms with Crippen LogP contribution in [0.1, 0.15) is 34.8 Å². The summed E-state index contributed by atoms with van der Waals surface area (Å²) in [7, 11) is 0. The largest absolute Gasteiger partial charge is 0.618 e. The van der Waals surface area contributed by atoms with Gasteiger partial charge >= 0.3 is 11.7 Å². The number of benzene rings is 1. The minimum atomic E-state index is -1.27. The zero-order chi connectivity index (χ0) is 14.3. The monoisotopic (exact) mass is 273 g/mol. The molecular weight excluding hydrogens is 261 g/mol. The predicted molar refractivity (Wildman–Crippen MR) is 69.7 cm³/mol. The molecule has 1 aromatic heterocycles. The Hall–Kier alpha value is -2.43. The van der Waals surface area contributed by atoms with Gasteiger partial charge in [-0.2, -0.15) is 4.73 Å². The van der Waals surface area contributed by atoms with Gasteiger partial charge in [-0.3, -0.25) is 0 Å². The van der Waals surface area contributed by atoms with Crippen LogP contribution in [0.4, 0.5) is 4.39 Å². The number of pyridine rings is 1. The summed E-state index contributed by atoms with van der Waals surface area (Å²) in [6, 6.07) is 8.54. The highest BCUT2D eigenvalue weighted by atomic mass is 19.1. The highest BCUT2D eigenvalue weighted by molar-refractivity contribution is 5.84. The van der Waals surface area contributed by atoms with Gasteiger partial charge in [0.25, 0.3) is 0 Å².